The summed E-state index contributed by atoms with van der Waals surface area (Å²) >= 11 is 0. The Bertz CT molecular complexity index is 946. The Balaban J connectivity index is 1.49. The minimum absolute atomic E-state index is 0.0688. The molecule has 0 amide bonds. The van der Waals surface area contributed by atoms with Gasteiger partial charge in [0.1, 0.15) is 6.10 Å². The molecule has 36 heavy (non-hydrogen) atoms. The number of esters is 2. The standard InChI is InChI=1S/C31H41FO4/c1-4-6-7-8-9-22(3)35-30(33)27-16-14-25(15-17-27)23-10-12-24(13-11-23)26-18-20-28(21-19-26)36-31(34)29(32)5-2/h10-17,22,26,28-29H,4-9,18-21H2,1-3H3/t22-,26?,28?,29+/m1/s1. The summed E-state index contributed by atoms with van der Waals surface area (Å²) in [5, 5.41) is 0. The fourth-order valence-electron chi connectivity index (χ4n) is 4.83. The van der Waals surface area contributed by atoms with Gasteiger partial charge in [0.15, 0.2) is 6.17 Å². The Hall–Kier alpha value is -2.69. The summed E-state index contributed by atoms with van der Waals surface area (Å²) in [5.74, 6) is -0.568. The average molecular weight is 497 g/mol. The maximum Gasteiger partial charge on any atom is 0.340 e. The number of rotatable bonds is 12. The second kappa shape index (κ2) is 14.2. The van der Waals surface area contributed by atoms with Crippen molar-refractivity contribution < 1.29 is 23.5 Å². The molecule has 1 fully saturated rings. The Kier molecular flexibility index (Phi) is 11.0. The van der Waals surface area contributed by atoms with Crippen LogP contribution in [0.2, 0.25) is 0 Å². The quantitative estimate of drug-likeness (QED) is 0.220. The fourth-order valence-corrected chi connectivity index (χ4v) is 4.83. The Labute approximate surface area is 215 Å². The highest BCUT2D eigenvalue weighted by Crippen LogP contribution is 2.35. The summed E-state index contributed by atoms with van der Waals surface area (Å²) in [4.78, 5) is 24.2. The van der Waals surface area contributed by atoms with Gasteiger partial charge in [-0.05, 0) is 86.6 Å². The summed E-state index contributed by atoms with van der Waals surface area (Å²) in [7, 11) is 0. The van der Waals surface area contributed by atoms with Gasteiger partial charge in [0.05, 0.1) is 11.7 Å². The number of carbonyl (C=O) groups is 2. The molecule has 5 heteroatoms. The number of unbranched alkanes of at least 4 members (excludes halogenated alkanes) is 3. The highest BCUT2D eigenvalue weighted by molar-refractivity contribution is 5.90. The van der Waals surface area contributed by atoms with E-state index in [4.69, 9.17) is 9.47 Å². The molecule has 2 atom stereocenters. The molecule has 4 nitrogen and oxygen atoms in total. The average Bonchev–Trinajstić information content (AvgIpc) is 2.91. The lowest BCUT2D eigenvalue weighted by molar-refractivity contribution is -0.156. The van der Waals surface area contributed by atoms with Crippen molar-refractivity contribution in [3.05, 3.63) is 59.7 Å². The van der Waals surface area contributed by atoms with Crippen LogP contribution < -0.4 is 0 Å². The Morgan fingerprint density at radius 3 is 2.08 bits per heavy atom. The summed E-state index contributed by atoms with van der Waals surface area (Å²) < 4.78 is 24.4. The molecule has 0 unspecified atom stereocenters. The number of ether oxygens (including phenoxy) is 2. The Morgan fingerprint density at radius 1 is 0.889 bits per heavy atom. The van der Waals surface area contributed by atoms with E-state index in [1.807, 2.05) is 31.2 Å². The lowest BCUT2D eigenvalue weighted by atomic mass is 9.82. The monoisotopic (exact) mass is 496 g/mol. The molecule has 3 rings (SSSR count). The van der Waals surface area contributed by atoms with Gasteiger partial charge in [-0.1, -0.05) is 69.5 Å². The molecule has 0 bridgehead atoms. The minimum atomic E-state index is -1.51. The summed E-state index contributed by atoms with van der Waals surface area (Å²) in [6.45, 7) is 5.80. The normalized spacial score (nSPS) is 19.3. The predicted molar refractivity (Wildman–Crippen MR) is 142 cm³/mol. The van der Waals surface area contributed by atoms with Crippen LogP contribution in [0.4, 0.5) is 4.39 Å². The number of halogens is 1. The van der Waals surface area contributed by atoms with E-state index in [2.05, 4.69) is 31.2 Å². The van der Waals surface area contributed by atoms with Crippen LogP contribution in [-0.2, 0) is 14.3 Å². The SMILES string of the molecule is CCCCCC[C@@H](C)OC(=O)c1ccc(-c2ccc(C3CCC(OC(=O)[C@@H](F)CC)CC3)cc2)cc1. The van der Waals surface area contributed by atoms with Crippen LogP contribution in [-0.4, -0.2) is 30.3 Å². The first-order chi connectivity index (χ1) is 17.4. The third-order valence-corrected chi connectivity index (χ3v) is 7.18. The molecular formula is C31H41FO4. The van der Waals surface area contributed by atoms with E-state index in [9.17, 15) is 14.0 Å². The van der Waals surface area contributed by atoms with Gasteiger partial charge >= 0.3 is 11.9 Å². The van der Waals surface area contributed by atoms with Crippen molar-refractivity contribution >= 4 is 11.9 Å². The molecule has 0 heterocycles. The van der Waals surface area contributed by atoms with E-state index in [0.717, 1.165) is 49.7 Å². The highest BCUT2D eigenvalue weighted by Gasteiger charge is 2.27. The molecule has 1 saturated carbocycles. The second-order valence-corrected chi connectivity index (χ2v) is 10.1. The molecule has 0 aliphatic heterocycles. The zero-order valence-corrected chi connectivity index (χ0v) is 22.0. The maximum atomic E-state index is 13.5. The third-order valence-electron chi connectivity index (χ3n) is 7.18. The van der Waals surface area contributed by atoms with Gasteiger partial charge < -0.3 is 9.47 Å². The molecule has 0 aromatic heterocycles. The van der Waals surface area contributed by atoms with E-state index in [-0.39, 0.29) is 24.6 Å². The van der Waals surface area contributed by atoms with Gasteiger partial charge in [0.2, 0.25) is 0 Å². The number of benzene rings is 2. The van der Waals surface area contributed by atoms with Gasteiger partial charge in [0.25, 0.3) is 0 Å². The second-order valence-electron chi connectivity index (χ2n) is 10.1. The molecule has 1 aliphatic rings. The van der Waals surface area contributed by atoms with Gasteiger partial charge in [0, 0.05) is 0 Å². The predicted octanol–water partition coefficient (Wildman–Crippen LogP) is 8.19. The number of carbonyl (C=O) groups excluding carboxylic acids is 2. The van der Waals surface area contributed by atoms with Crippen LogP contribution in [0.3, 0.4) is 0 Å². The smallest absolute Gasteiger partial charge is 0.340 e. The van der Waals surface area contributed by atoms with Crippen LogP contribution in [0, 0.1) is 0 Å². The molecule has 2 aromatic carbocycles. The van der Waals surface area contributed by atoms with Crippen molar-refractivity contribution in [1.82, 2.24) is 0 Å². The minimum Gasteiger partial charge on any atom is -0.460 e. The van der Waals surface area contributed by atoms with E-state index < -0.39 is 12.1 Å². The van der Waals surface area contributed by atoms with Crippen molar-refractivity contribution in [3.63, 3.8) is 0 Å². The van der Waals surface area contributed by atoms with Crippen LogP contribution in [0.25, 0.3) is 11.1 Å². The van der Waals surface area contributed by atoms with Crippen LogP contribution in [0.15, 0.2) is 48.5 Å². The zero-order valence-electron chi connectivity index (χ0n) is 22.0. The lowest BCUT2D eigenvalue weighted by Gasteiger charge is -2.29. The van der Waals surface area contributed by atoms with E-state index in [1.165, 1.54) is 24.8 Å². The van der Waals surface area contributed by atoms with Crippen LogP contribution in [0.1, 0.15) is 107 Å². The number of hydrogen-bond donors (Lipinski definition) is 0. The van der Waals surface area contributed by atoms with Crippen molar-refractivity contribution in [2.24, 2.45) is 0 Å². The van der Waals surface area contributed by atoms with Crippen molar-refractivity contribution in [1.29, 1.82) is 0 Å². The largest absolute Gasteiger partial charge is 0.460 e. The van der Waals surface area contributed by atoms with Gasteiger partial charge in [-0.3, -0.25) is 0 Å². The van der Waals surface area contributed by atoms with E-state index >= 15 is 0 Å². The zero-order chi connectivity index (χ0) is 25.9. The number of alkyl halides is 1. The molecular weight excluding hydrogens is 455 g/mol. The van der Waals surface area contributed by atoms with Crippen molar-refractivity contribution in [2.45, 2.75) is 109 Å². The molecule has 2 aromatic rings. The van der Waals surface area contributed by atoms with Gasteiger partial charge in [-0.2, -0.15) is 0 Å². The van der Waals surface area contributed by atoms with Gasteiger partial charge in [-0.25, -0.2) is 14.0 Å². The molecule has 0 radical (unpaired) electrons. The van der Waals surface area contributed by atoms with Crippen molar-refractivity contribution in [3.8, 4) is 11.1 Å². The molecule has 1 aliphatic carbocycles. The molecule has 0 saturated heterocycles. The number of hydrogen-bond acceptors (Lipinski definition) is 4. The highest BCUT2D eigenvalue weighted by atomic mass is 19.1. The Morgan fingerprint density at radius 2 is 1.50 bits per heavy atom. The van der Waals surface area contributed by atoms with Crippen LogP contribution >= 0.6 is 0 Å². The van der Waals surface area contributed by atoms with Gasteiger partial charge in [-0.15, -0.1) is 0 Å². The maximum absolute atomic E-state index is 13.5. The molecule has 196 valence electrons. The fraction of sp³-hybridized carbons (Fsp3) is 0.548. The van der Waals surface area contributed by atoms with E-state index in [0.29, 0.717) is 11.5 Å². The summed E-state index contributed by atoms with van der Waals surface area (Å²) in [5.41, 5.74) is 4.00. The molecule has 0 spiro atoms. The van der Waals surface area contributed by atoms with E-state index in [1.54, 1.807) is 6.92 Å². The topological polar surface area (TPSA) is 52.6 Å². The first kappa shape index (κ1) is 27.9. The third kappa shape index (κ3) is 8.18. The van der Waals surface area contributed by atoms with Crippen LogP contribution in [0.5, 0.6) is 0 Å². The molecule has 0 N–H and O–H groups in total. The first-order valence-electron chi connectivity index (χ1n) is 13.7. The summed E-state index contributed by atoms with van der Waals surface area (Å²) in [6.07, 6.45) is 7.38. The van der Waals surface area contributed by atoms with Crippen molar-refractivity contribution in [2.75, 3.05) is 0 Å². The summed E-state index contributed by atoms with van der Waals surface area (Å²) in [6, 6.07) is 16.1. The lowest BCUT2D eigenvalue weighted by Crippen LogP contribution is -2.28. The first-order valence-corrected chi connectivity index (χ1v) is 13.7.